The van der Waals surface area contributed by atoms with E-state index in [1.54, 1.807) is 0 Å². The highest BCUT2D eigenvalue weighted by Crippen LogP contribution is 2.12. The van der Waals surface area contributed by atoms with Gasteiger partial charge in [0.1, 0.15) is 0 Å². The van der Waals surface area contributed by atoms with Crippen LogP contribution < -0.4 is 0 Å². The van der Waals surface area contributed by atoms with Gasteiger partial charge in [-0.15, -0.1) is 0 Å². The summed E-state index contributed by atoms with van der Waals surface area (Å²) < 4.78 is 5.52. The van der Waals surface area contributed by atoms with Gasteiger partial charge in [-0.25, -0.2) is 0 Å². The first-order valence-corrected chi connectivity index (χ1v) is 4.18. The second-order valence-electron chi connectivity index (χ2n) is 2.95. The van der Waals surface area contributed by atoms with E-state index in [2.05, 4.69) is 27.7 Å². The minimum absolute atomic E-state index is 0.646. The van der Waals surface area contributed by atoms with Crippen LogP contribution in [0.15, 0.2) is 0 Å². The van der Waals surface area contributed by atoms with E-state index in [0.29, 0.717) is 5.92 Å². The SMILES string of the molecule is CC[C](CC)OCC(C)C. The smallest absolute Gasteiger partial charge is 0.0965 e. The summed E-state index contributed by atoms with van der Waals surface area (Å²) in [5, 5.41) is 0. The first-order valence-electron chi connectivity index (χ1n) is 4.18. The zero-order chi connectivity index (χ0) is 7.98. The molecule has 1 nitrogen and oxygen atoms in total. The van der Waals surface area contributed by atoms with E-state index < -0.39 is 0 Å². The molecule has 0 aromatic heterocycles. The second-order valence-corrected chi connectivity index (χ2v) is 2.95. The van der Waals surface area contributed by atoms with Crippen molar-refractivity contribution < 1.29 is 4.74 Å². The van der Waals surface area contributed by atoms with Crippen LogP contribution in [-0.4, -0.2) is 6.61 Å². The average Bonchev–Trinajstić information content (AvgIpc) is 1.90. The molecular formula is C9H19O. The van der Waals surface area contributed by atoms with E-state index in [9.17, 15) is 0 Å². The Hall–Kier alpha value is -0.0400. The molecule has 10 heavy (non-hydrogen) atoms. The van der Waals surface area contributed by atoms with Crippen molar-refractivity contribution in [1.29, 1.82) is 0 Å². The fourth-order valence-electron chi connectivity index (χ4n) is 0.739. The van der Waals surface area contributed by atoms with Crippen molar-refractivity contribution in [3.63, 3.8) is 0 Å². The van der Waals surface area contributed by atoms with Gasteiger partial charge in [0.2, 0.25) is 0 Å². The quantitative estimate of drug-likeness (QED) is 0.575. The van der Waals surface area contributed by atoms with Crippen molar-refractivity contribution >= 4 is 0 Å². The maximum atomic E-state index is 5.52. The summed E-state index contributed by atoms with van der Waals surface area (Å²) in [6.07, 6.45) is 3.35. The molecule has 0 rings (SSSR count). The van der Waals surface area contributed by atoms with Gasteiger partial charge in [0.25, 0.3) is 0 Å². The molecule has 0 heterocycles. The monoisotopic (exact) mass is 143 g/mol. The molecule has 0 aliphatic rings. The van der Waals surface area contributed by atoms with E-state index in [1.807, 2.05) is 0 Å². The lowest BCUT2D eigenvalue weighted by Gasteiger charge is -2.13. The topological polar surface area (TPSA) is 9.23 Å². The lowest BCUT2D eigenvalue weighted by atomic mass is 10.2. The Bertz CT molecular complexity index is 65.1. The van der Waals surface area contributed by atoms with Gasteiger partial charge in [-0.3, -0.25) is 0 Å². The van der Waals surface area contributed by atoms with Crippen LogP contribution in [0.5, 0.6) is 0 Å². The Morgan fingerprint density at radius 3 is 2.00 bits per heavy atom. The molecule has 61 valence electrons. The highest BCUT2D eigenvalue weighted by atomic mass is 16.5. The number of ether oxygens (including phenoxy) is 1. The predicted octanol–water partition coefficient (Wildman–Crippen LogP) is 3.01. The van der Waals surface area contributed by atoms with Crippen molar-refractivity contribution in [2.75, 3.05) is 6.61 Å². The minimum Gasteiger partial charge on any atom is -0.372 e. The summed E-state index contributed by atoms with van der Waals surface area (Å²) in [4.78, 5) is 0. The molecule has 0 spiro atoms. The molecule has 1 radical (unpaired) electrons. The first-order chi connectivity index (χ1) is 4.70. The summed E-state index contributed by atoms with van der Waals surface area (Å²) in [5.41, 5.74) is 0. The summed E-state index contributed by atoms with van der Waals surface area (Å²) in [6.45, 7) is 9.49. The van der Waals surface area contributed by atoms with Gasteiger partial charge in [0.15, 0.2) is 0 Å². The fourth-order valence-corrected chi connectivity index (χ4v) is 0.739. The lowest BCUT2D eigenvalue weighted by molar-refractivity contribution is 0.108. The molecule has 0 atom stereocenters. The summed E-state index contributed by atoms with van der Waals surface area (Å²) >= 11 is 0. The molecule has 0 aliphatic carbocycles. The standard InChI is InChI=1S/C9H19O/c1-5-9(6-2)10-7-8(3)4/h8H,5-7H2,1-4H3. The van der Waals surface area contributed by atoms with Gasteiger partial charge in [-0.1, -0.05) is 27.7 Å². The van der Waals surface area contributed by atoms with Gasteiger partial charge < -0.3 is 4.74 Å². The Balaban J connectivity index is 3.26. The van der Waals surface area contributed by atoms with E-state index in [4.69, 9.17) is 4.74 Å². The summed E-state index contributed by atoms with van der Waals surface area (Å²) in [6, 6.07) is 0. The van der Waals surface area contributed by atoms with Crippen molar-refractivity contribution in [1.82, 2.24) is 0 Å². The normalized spacial score (nSPS) is 11.4. The van der Waals surface area contributed by atoms with Gasteiger partial charge >= 0.3 is 0 Å². The molecule has 0 aromatic rings. The molecule has 1 heteroatoms. The Kier molecular flexibility index (Phi) is 5.70. The van der Waals surface area contributed by atoms with E-state index in [0.717, 1.165) is 19.4 Å². The van der Waals surface area contributed by atoms with Crippen LogP contribution in [0.2, 0.25) is 0 Å². The van der Waals surface area contributed by atoms with Gasteiger partial charge in [0.05, 0.1) is 6.10 Å². The molecule has 0 bridgehead atoms. The highest BCUT2D eigenvalue weighted by molar-refractivity contribution is 4.73. The van der Waals surface area contributed by atoms with Crippen molar-refractivity contribution in [2.45, 2.75) is 40.5 Å². The maximum Gasteiger partial charge on any atom is 0.0965 e. The highest BCUT2D eigenvalue weighted by Gasteiger charge is 2.04. The molecule has 0 N–H and O–H groups in total. The van der Waals surface area contributed by atoms with E-state index in [1.165, 1.54) is 6.10 Å². The molecule has 0 fully saturated rings. The van der Waals surface area contributed by atoms with Crippen molar-refractivity contribution in [3.05, 3.63) is 6.10 Å². The van der Waals surface area contributed by atoms with Crippen LogP contribution in [0.3, 0.4) is 0 Å². The van der Waals surface area contributed by atoms with Crippen molar-refractivity contribution in [3.8, 4) is 0 Å². The zero-order valence-corrected chi connectivity index (χ0v) is 7.61. The van der Waals surface area contributed by atoms with Crippen LogP contribution in [0, 0.1) is 12.0 Å². The fraction of sp³-hybridized carbons (Fsp3) is 0.889. The third-order valence-electron chi connectivity index (χ3n) is 1.41. The number of rotatable bonds is 5. The number of hydrogen-bond acceptors (Lipinski definition) is 1. The van der Waals surface area contributed by atoms with E-state index in [-0.39, 0.29) is 0 Å². The van der Waals surface area contributed by atoms with E-state index >= 15 is 0 Å². The zero-order valence-electron chi connectivity index (χ0n) is 7.61. The van der Waals surface area contributed by atoms with Gasteiger partial charge in [-0.05, 0) is 18.8 Å². The molecule has 0 amide bonds. The van der Waals surface area contributed by atoms with Gasteiger partial charge in [0, 0.05) is 6.61 Å². The Labute approximate surface area is 64.8 Å². The minimum atomic E-state index is 0.646. The van der Waals surface area contributed by atoms with Crippen LogP contribution >= 0.6 is 0 Å². The van der Waals surface area contributed by atoms with Crippen LogP contribution in [-0.2, 0) is 4.74 Å². The predicted molar refractivity (Wildman–Crippen MR) is 44.6 cm³/mol. The summed E-state index contributed by atoms with van der Waals surface area (Å²) in [5.74, 6) is 0.646. The molecular weight excluding hydrogens is 124 g/mol. The third-order valence-corrected chi connectivity index (χ3v) is 1.41. The van der Waals surface area contributed by atoms with Crippen LogP contribution in [0.1, 0.15) is 40.5 Å². The molecule has 0 aromatic carbocycles. The Morgan fingerprint density at radius 2 is 1.70 bits per heavy atom. The van der Waals surface area contributed by atoms with Crippen LogP contribution in [0.4, 0.5) is 0 Å². The second kappa shape index (κ2) is 5.72. The molecule has 0 saturated heterocycles. The third kappa shape index (κ3) is 4.80. The van der Waals surface area contributed by atoms with Crippen molar-refractivity contribution in [2.24, 2.45) is 5.92 Å². The lowest BCUT2D eigenvalue weighted by Crippen LogP contribution is -2.06. The first kappa shape index (κ1) is 9.96. The van der Waals surface area contributed by atoms with Gasteiger partial charge in [-0.2, -0.15) is 0 Å². The molecule has 0 unspecified atom stereocenters. The maximum absolute atomic E-state index is 5.52. The van der Waals surface area contributed by atoms with Crippen LogP contribution in [0.25, 0.3) is 0 Å². The largest absolute Gasteiger partial charge is 0.372 e. The Morgan fingerprint density at radius 1 is 1.20 bits per heavy atom. The molecule has 0 saturated carbocycles. The number of hydrogen-bond donors (Lipinski definition) is 0. The summed E-state index contributed by atoms with van der Waals surface area (Å²) in [7, 11) is 0. The molecule has 0 aliphatic heterocycles. The average molecular weight is 143 g/mol.